The SMILES string of the molecule is O=C(NCC1CCOCC1)[C@@H]1C[C@@H]2CCN(Cc3ccncc3)C[C@H]2O1. The zero-order valence-corrected chi connectivity index (χ0v) is 15.3. The van der Waals surface area contributed by atoms with Crippen molar-refractivity contribution in [3.8, 4) is 0 Å². The second-order valence-corrected chi connectivity index (χ2v) is 7.84. The minimum atomic E-state index is -0.272. The molecule has 1 N–H and O–H groups in total. The first-order valence-electron chi connectivity index (χ1n) is 9.90. The molecule has 1 amide bonds. The van der Waals surface area contributed by atoms with Gasteiger partial charge in [0.2, 0.25) is 5.91 Å². The van der Waals surface area contributed by atoms with Gasteiger partial charge in [0.25, 0.3) is 0 Å². The molecule has 0 spiro atoms. The third kappa shape index (κ3) is 4.42. The van der Waals surface area contributed by atoms with Gasteiger partial charge in [-0.1, -0.05) is 0 Å². The molecular formula is C20H29N3O3. The van der Waals surface area contributed by atoms with Crippen LogP contribution < -0.4 is 5.32 Å². The van der Waals surface area contributed by atoms with Crippen LogP contribution in [0.5, 0.6) is 0 Å². The Morgan fingerprint density at radius 2 is 2.04 bits per heavy atom. The zero-order chi connectivity index (χ0) is 17.8. The summed E-state index contributed by atoms with van der Waals surface area (Å²) in [6.45, 7) is 5.30. The number of piperidine rings is 1. The number of fused-ring (bicyclic) bond motifs is 1. The monoisotopic (exact) mass is 359 g/mol. The number of nitrogens with zero attached hydrogens (tertiary/aromatic N) is 2. The van der Waals surface area contributed by atoms with E-state index in [0.717, 1.165) is 65.1 Å². The summed E-state index contributed by atoms with van der Waals surface area (Å²) in [5, 5.41) is 3.12. The predicted octanol–water partition coefficient (Wildman–Crippen LogP) is 1.60. The van der Waals surface area contributed by atoms with Gasteiger partial charge in [-0.25, -0.2) is 0 Å². The van der Waals surface area contributed by atoms with Gasteiger partial charge in [0, 0.05) is 45.2 Å². The Morgan fingerprint density at radius 1 is 1.23 bits per heavy atom. The van der Waals surface area contributed by atoms with E-state index < -0.39 is 0 Å². The highest BCUT2D eigenvalue weighted by atomic mass is 16.5. The van der Waals surface area contributed by atoms with Crippen molar-refractivity contribution in [2.45, 2.75) is 44.4 Å². The zero-order valence-electron chi connectivity index (χ0n) is 15.3. The molecule has 4 heterocycles. The normalized spacial score (nSPS) is 30.1. The van der Waals surface area contributed by atoms with E-state index in [2.05, 4.69) is 27.3 Å². The fourth-order valence-corrected chi connectivity index (χ4v) is 4.36. The van der Waals surface area contributed by atoms with Crippen LogP contribution in [0.1, 0.15) is 31.2 Å². The minimum Gasteiger partial charge on any atom is -0.381 e. The van der Waals surface area contributed by atoms with E-state index in [-0.39, 0.29) is 18.1 Å². The van der Waals surface area contributed by atoms with Gasteiger partial charge in [0.15, 0.2) is 0 Å². The minimum absolute atomic E-state index is 0.0755. The summed E-state index contributed by atoms with van der Waals surface area (Å²) < 4.78 is 11.5. The van der Waals surface area contributed by atoms with Gasteiger partial charge in [0.05, 0.1) is 6.10 Å². The van der Waals surface area contributed by atoms with Crippen molar-refractivity contribution in [2.24, 2.45) is 11.8 Å². The second-order valence-electron chi connectivity index (χ2n) is 7.84. The van der Waals surface area contributed by atoms with Gasteiger partial charge < -0.3 is 14.8 Å². The van der Waals surface area contributed by atoms with Crippen LogP contribution in [0.3, 0.4) is 0 Å². The number of hydrogen-bond acceptors (Lipinski definition) is 5. The molecule has 6 nitrogen and oxygen atoms in total. The first-order valence-corrected chi connectivity index (χ1v) is 9.90. The van der Waals surface area contributed by atoms with Gasteiger partial charge >= 0.3 is 0 Å². The molecule has 0 aliphatic carbocycles. The highest BCUT2D eigenvalue weighted by Gasteiger charge is 2.41. The van der Waals surface area contributed by atoms with Crippen molar-refractivity contribution < 1.29 is 14.3 Å². The Hall–Kier alpha value is -1.50. The Morgan fingerprint density at radius 3 is 2.85 bits per heavy atom. The molecule has 0 aromatic carbocycles. The van der Waals surface area contributed by atoms with Crippen LogP contribution >= 0.6 is 0 Å². The first kappa shape index (κ1) is 17.9. The number of carbonyl (C=O) groups is 1. The van der Waals surface area contributed by atoms with Crippen LogP contribution in [-0.2, 0) is 20.8 Å². The van der Waals surface area contributed by atoms with Crippen molar-refractivity contribution in [3.05, 3.63) is 30.1 Å². The summed E-state index contributed by atoms with van der Waals surface area (Å²) >= 11 is 0. The Labute approximate surface area is 155 Å². The third-order valence-electron chi connectivity index (χ3n) is 5.99. The van der Waals surface area contributed by atoms with Crippen LogP contribution in [0.4, 0.5) is 0 Å². The molecule has 6 heteroatoms. The number of pyridine rings is 1. The molecule has 0 bridgehead atoms. The molecule has 26 heavy (non-hydrogen) atoms. The van der Waals surface area contributed by atoms with Crippen molar-refractivity contribution in [2.75, 3.05) is 32.8 Å². The molecule has 0 unspecified atom stereocenters. The standard InChI is InChI=1S/C20H29N3O3/c24-20(22-12-15-4-9-25-10-5-15)18-11-17-3-8-23(14-19(17)26-18)13-16-1-6-21-7-2-16/h1-2,6-7,15,17-19H,3-5,8-14H2,(H,22,24)/t17-,18-,19+/m0/s1. The van der Waals surface area contributed by atoms with Crippen LogP contribution in [0, 0.1) is 11.8 Å². The van der Waals surface area contributed by atoms with E-state index in [4.69, 9.17) is 9.47 Å². The van der Waals surface area contributed by atoms with Gasteiger partial charge in [0.1, 0.15) is 6.10 Å². The van der Waals surface area contributed by atoms with Gasteiger partial charge in [-0.2, -0.15) is 0 Å². The summed E-state index contributed by atoms with van der Waals surface area (Å²) in [5.41, 5.74) is 1.28. The molecule has 3 atom stereocenters. The number of carbonyl (C=O) groups excluding carboxylic acids is 1. The molecule has 3 aliphatic heterocycles. The fraction of sp³-hybridized carbons (Fsp3) is 0.700. The van der Waals surface area contributed by atoms with Crippen molar-refractivity contribution >= 4 is 5.91 Å². The van der Waals surface area contributed by atoms with E-state index in [9.17, 15) is 4.79 Å². The summed E-state index contributed by atoms with van der Waals surface area (Å²) in [6.07, 6.45) is 7.66. The average Bonchev–Trinajstić information content (AvgIpc) is 3.11. The van der Waals surface area contributed by atoms with E-state index in [1.807, 2.05) is 12.4 Å². The van der Waals surface area contributed by atoms with Crippen LogP contribution in [0.2, 0.25) is 0 Å². The Balaban J connectivity index is 1.24. The van der Waals surface area contributed by atoms with Crippen molar-refractivity contribution in [1.29, 1.82) is 0 Å². The molecule has 3 fully saturated rings. The predicted molar refractivity (Wildman–Crippen MR) is 97.5 cm³/mol. The number of rotatable bonds is 5. The molecule has 0 saturated carbocycles. The van der Waals surface area contributed by atoms with Crippen LogP contribution in [0.15, 0.2) is 24.5 Å². The van der Waals surface area contributed by atoms with E-state index >= 15 is 0 Å². The van der Waals surface area contributed by atoms with Crippen molar-refractivity contribution in [3.63, 3.8) is 0 Å². The average molecular weight is 359 g/mol. The molecule has 142 valence electrons. The largest absolute Gasteiger partial charge is 0.381 e. The molecule has 3 aliphatic rings. The quantitative estimate of drug-likeness (QED) is 0.865. The summed E-state index contributed by atoms with van der Waals surface area (Å²) in [4.78, 5) is 19.0. The topological polar surface area (TPSA) is 63.7 Å². The maximum atomic E-state index is 12.5. The first-order chi connectivity index (χ1) is 12.8. The maximum absolute atomic E-state index is 12.5. The van der Waals surface area contributed by atoms with Crippen LogP contribution in [-0.4, -0.2) is 60.8 Å². The summed E-state index contributed by atoms with van der Waals surface area (Å²) in [7, 11) is 0. The summed E-state index contributed by atoms with van der Waals surface area (Å²) in [6, 6.07) is 4.13. The smallest absolute Gasteiger partial charge is 0.249 e. The number of aromatic nitrogens is 1. The maximum Gasteiger partial charge on any atom is 0.249 e. The lowest BCUT2D eigenvalue weighted by atomic mass is 9.91. The van der Waals surface area contributed by atoms with Gasteiger partial charge in [-0.05, 0) is 61.8 Å². The molecule has 3 saturated heterocycles. The number of amides is 1. The van der Waals surface area contributed by atoms with Gasteiger partial charge in [-0.3, -0.25) is 14.7 Å². The fourth-order valence-electron chi connectivity index (χ4n) is 4.36. The van der Waals surface area contributed by atoms with E-state index in [0.29, 0.717) is 11.8 Å². The third-order valence-corrected chi connectivity index (χ3v) is 5.99. The molecule has 4 rings (SSSR count). The molecular weight excluding hydrogens is 330 g/mol. The van der Waals surface area contributed by atoms with Crippen LogP contribution in [0.25, 0.3) is 0 Å². The Bertz CT molecular complexity index is 591. The van der Waals surface area contributed by atoms with Crippen molar-refractivity contribution in [1.82, 2.24) is 15.2 Å². The number of hydrogen-bond donors (Lipinski definition) is 1. The van der Waals surface area contributed by atoms with Gasteiger partial charge in [-0.15, -0.1) is 0 Å². The molecule has 1 aromatic heterocycles. The lowest BCUT2D eigenvalue weighted by Gasteiger charge is -2.34. The lowest BCUT2D eigenvalue weighted by molar-refractivity contribution is -0.133. The number of ether oxygens (including phenoxy) is 2. The molecule has 0 radical (unpaired) electrons. The molecule has 1 aromatic rings. The Kier molecular flexibility index (Phi) is 5.82. The number of nitrogens with one attached hydrogen (secondary N) is 1. The second kappa shape index (κ2) is 8.46. The van der Waals surface area contributed by atoms with E-state index in [1.54, 1.807) is 0 Å². The highest BCUT2D eigenvalue weighted by molar-refractivity contribution is 5.81. The summed E-state index contributed by atoms with van der Waals surface area (Å²) in [5.74, 6) is 1.14. The highest BCUT2D eigenvalue weighted by Crippen LogP contribution is 2.33. The lowest BCUT2D eigenvalue weighted by Crippen LogP contribution is -2.42. The number of likely N-dealkylation sites (tertiary alicyclic amines) is 1. The van der Waals surface area contributed by atoms with E-state index in [1.165, 1.54) is 5.56 Å².